The lowest BCUT2D eigenvalue weighted by Gasteiger charge is -2.27. The number of ether oxygens (including phenoxy) is 7. The molecule has 8 heteroatoms. The molecule has 0 amide bonds. The van der Waals surface area contributed by atoms with E-state index in [1.165, 1.54) is 0 Å². The first kappa shape index (κ1) is 17.2. The molecule has 2 fully saturated rings. The average molecular weight is 400 g/mol. The van der Waals surface area contributed by atoms with Gasteiger partial charge in [-0.15, -0.1) is 0 Å². The molecule has 0 saturated carbocycles. The second-order valence-electron chi connectivity index (χ2n) is 7.58. The summed E-state index contributed by atoms with van der Waals surface area (Å²) in [6.07, 6.45) is -0.907. The van der Waals surface area contributed by atoms with Crippen LogP contribution in [0.5, 0.6) is 28.7 Å². The summed E-state index contributed by atoms with van der Waals surface area (Å²) in [5, 5.41) is 11.6. The summed E-state index contributed by atoms with van der Waals surface area (Å²) in [7, 11) is 1.59. The van der Waals surface area contributed by atoms with E-state index >= 15 is 0 Å². The fraction of sp³-hybridized carbons (Fsp3) is 0.429. The van der Waals surface area contributed by atoms with Gasteiger partial charge in [0.05, 0.1) is 26.4 Å². The van der Waals surface area contributed by atoms with Crippen molar-refractivity contribution in [1.29, 1.82) is 0 Å². The van der Waals surface area contributed by atoms with Crippen LogP contribution in [-0.4, -0.2) is 44.6 Å². The van der Waals surface area contributed by atoms with Gasteiger partial charge < -0.3 is 38.3 Å². The molecule has 0 aliphatic carbocycles. The molecular formula is C21H20O8. The third kappa shape index (κ3) is 2.36. The van der Waals surface area contributed by atoms with Gasteiger partial charge in [-0.25, -0.2) is 0 Å². The van der Waals surface area contributed by atoms with Crippen LogP contribution in [0.15, 0.2) is 30.3 Å². The van der Waals surface area contributed by atoms with Gasteiger partial charge in [-0.2, -0.15) is 0 Å². The highest BCUT2D eigenvalue weighted by Crippen LogP contribution is 2.56. The maximum absolute atomic E-state index is 11.6. The van der Waals surface area contributed by atoms with Gasteiger partial charge in [0.15, 0.2) is 23.0 Å². The van der Waals surface area contributed by atoms with E-state index in [0.29, 0.717) is 35.4 Å². The van der Waals surface area contributed by atoms with Crippen molar-refractivity contribution >= 4 is 0 Å². The van der Waals surface area contributed by atoms with Crippen LogP contribution >= 0.6 is 0 Å². The lowest BCUT2D eigenvalue weighted by molar-refractivity contribution is -0.0629. The molecular weight excluding hydrogens is 380 g/mol. The molecule has 8 nitrogen and oxygen atoms in total. The van der Waals surface area contributed by atoms with Gasteiger partial charge >= 0.3 is 0 Å². The van der Waals surface area contributed by atoms with Crippen molar-refractivity contribution in [2.75, 3.05) is 33.9 Å². The molecule has 0 bridgehead atoms. The average Bonchev–Trinajstić information content (AvgIpc) is 3.49. The second kappa shape index (κ2) is 6.16. The lowest BCUT2D eigenvalue weighted by Crippen LogP contribution is -2.39. The summed E-state index contributed by atoms with van der Waals surface area (Å²) >= 11 is 0. The van der Waals surface area contributed by atoms with E-state index in [0.717, 1.165) is 11.1 Å². The van der Waals surface area contributed by atoms with E-state index in [9.17, 15) is 5.11 Å². The molecule has 0 aromatic heterocycles. The Bertz CT molecular complexity index is 975. The standard InChI is InChI=1S/C21H20O8/c1-23-18-12(3-5-15-19(18)29-10-27-15)17-13-7-24-20(21(13,22)8-25-17)11-2-4-14-16(6-11)28-9-26-14/h2-6,13,17,20,22H,7-10H2,1H3/t13-,17-,20-,21-/m1/s1. The van der Waals surface area contributed by atoms with Crippen LogP contribution in [0.4, 0.5) is 0 Å². The van der Waals surface area contributed by atoms with Gasteiger partial charge in [0.25, 0.3) is 0 Å². The number of methoxy groups -OCH3 is 1. The van der Waals surface area contributed by atoms with Crippen LogP contribution in [0.2, 0.25) is 0 Å². The highest BCUT2D eigenvalue weighted by atomic mass is 16.7. The lowest BCUT2D eigenvalue weighted by atomic mass is 9.80. The molecule has 2 aromatic carbocycles. The molecule has 0 radical (unpaired) electrons. The first-order valence-electron chi connectivity index (χ1n) is 9.50. The summed E-state index contributed by atoms with van der Waals surface area (Å²) in [4.78, 5) is 0. The molecule has 1 N–H and O–H groups in total. The Morgan fingerprint density at radius 2 is 1.76 bits per heavy atom. The summed E-state index contributed by atoms with van der Waals surface area (Å²) in [5.41, 5.74) is 0.480. The van der Waals surface area contributed by atoms with Crippen molar-refractivity contribution in [2.24, 2.45) is 5.92 Å². The Hall–Kier alpha value is -2.68. The van der Waals surface area contributed by atoms with E-state index in [-0.39, 0.29) is 32.2 Å². The zero-order chi connectivity index (χ0) is 19.6. The molecule has 0 unspecified atom stereocenters. The Labute approximate surface area is 166 Å². The zero-order valence-electron chi connectivity index (χ0n) is 15.8. The maximum atomic E-state index is 11.6. The Morgan fingerprint density at radius 3 is 2.66 bits per heavy atom. The van der Waals surface area contributed by atoms with Gasteiger partial charge in [0, 0.05) is 11.5 Å². The minimum absolute atomic E-state index is 0.152. The topological polar surface area (TPSA) is 84.8 Å². The van der Waals surface area contributed by atoms with Gasteiger partial charge in [0.2, 0.25) is 19.3 Å². The smallest absolute Gasteiger partial charge is 0.231 e. The van der Waals surface area contributed by atoms with Gasteiger partial charge in [0.1, 0.15) is 11.7 Å². The molecule has 4 atom stereocenters. The van der Waals surface area contributed by atoms with Crippen LogP contribution < -0.4 is 23.7 Å². The highest BCUT2D eigenvalue weighted by Gasteiger charge is 2.60. The summed E-state index contributed by atoms with van der Waals surface area (Å²) in [5.74, 6) is 2.87. The third-order valence-corrected chi connectivity index (χ3v) is 6.13. The van der Waals surface area contributed by atoms with E-state index in [1.807, 2.05) is 30.3 Å². The van der Waals surface area contributed by atoms with Crippen molar-refractivity contribution in [2.45, 2.75) is 17.8 Å². The van der Waals surface area contributed by atoms with Crippen LogP contribution in [-0.2, 0) is 9.47 Å². The summed E-state index contributed by atoms with van der Waals surface area (Å²) < 4.78 is 39.6. The monoisotopic (exact) mass is 400 g/mol. The van der Waals surface area contributed by atoms with Crippen LogP contribution in [0, 0.1) is 5.92 Å². The van der Waals surface area contributed by atoms with Gasteiger partial charge in [-0.05, 0) is 29.8 Å². The van der Waals surface area contributed by atoms with E-state index in [1.54, 1.807) is 7.11 Å². The summed E-state index contributed by atoms with van der Waals surface area (Å²) in [6, 6.07) is 9.34. The van der Waals surface area contributed by atoms with Gasteiger partial charge in [-0.3, -0.25) is 0 Å². The zero-order valence-corrected chi connectivity index (χ0v) is 15.8. The Morgan fingerprint density at radius 1 is 0.966 bits per heavy atom. The first-order chi connectivity index (χ1) is 14.2. The molecule has 2 aromatic rings. The predicted octanol–water partition coefficient (Wildman–Crippen LogP) is 2.34. The van der Waals surface area contributed by atoms with Gasteiger partial charge in [-0.1, -0.05) is 6.07 Å². The van der Waals surface area contributed by atoms with E-state index in [4.69, 9.17) is 33.2 Å². The number of benzene rings is 2. The maximum Gasteiger partial charge on any atom is 0.231 e. The van der Waals surface area contributed by atoms with Crippen LogP contribution in [0.1, 0.15) is 23.3 Å². The minimum atomic E-state index is -1.17. The molecule has 0 spiro atoms. The molecule has 4 aliphatic rings. The molecule has 29 heavy (non-hydrogen) atoms. The Kier molecular flexibility index (Phi) is 3.65. The highest BCUT2D eigenvalue weighted by molar-refractivity contribution is 5.58. The van der Waals surface area contributed by atoms with Crippen molar-refractivity contribution in [3.63, 3.8) is 0 Å². The van der Waals surface area contributed by atoms with Crippen LogP contribution in [0.25, 0.3) is 0 Å². The first-order valence-corrected chi connectivity index (χ1v) is 9.50. The van der Waals surface area contributed by atoms with E-state index < -0.39 is 11.7 Å². The predicted molar refractivity (Wildman–Crippen MR) is 97.5 cm³/mol. The van der Waals surface area contributed by atoms with Crippen molar-refractivity contribution in [3.8, 4) is 28.7 Å². The number of rotatable bonds is 3. The molecule has 6 rings (SSSR count). The molecule has 2 saturated heterocycles. The fourth-order valence-corrected chi connectivity index (χ4v) is 4.72. The molecule has 4 aliphatic heterocycles. The van der Waals surface area contributed by atoms with E-state index in [2.05, 4.69) is 0 Å². The largest absolute Gasteiger partial charge is 0.492 e. The second-order valence-corrected chi connectivity index (χ2v) is 7.58. The number of hydrogen-bond acceptors (Lipinski definition) is 8. The van der Waals surface area contributed by atoms with Crippen molar-refractivity contribution in [1.82, 2.24) is 0 Å². The number of hydrogen-bond donors (Lipinski definition) is 1. The minimum Gasteiger partial charge on any atom is -0.492 e. The quantitative estimate of drug-likeness (QED) is 0.841. The van der Waals surface area contributed by atoms with Crippen molar-refractivity contribution < 1.29 is 38.3 Å². The number of fused-ring (bicyclic) bond motifs is 3. The molecule has 4 heterocycles. The van der Waals surface area contributed by atoms with Crippen molar-refractivity contribution in [3.05, 3.63) is 41.5 Å². The summed E-state index contributed by atoms with van der Waals surface area (Å²) in [6.45, 7) is 0.868. The normalized spacial score (nSPS) is 31.2. The van der Waals surface area contributed by atoms with Crippen LogP contribution in [0.3, 0.4) is 0 Å². The molecule has 152 valence electrons. The fourth-order valence-electron chi connectivity index (χ4n) is 4.72. The number of aliphatic hydroxyl groups is 1. The Balaban J connectivity index is 1.34. The third-order valence-electron chi connectivity index (χ3n) is 6.13. The SMILES string of the molecule is COc1c([C@H]2OC[C@]3(O)[C@@H](c4ccc5c(c4)OCO5)OC[C@H]23)ccc2c1OCO2.